The monoisotopic (exact) mass is 197 g/mol. The molecule has 4 nitrogen and oxygen atoms in total. The van der Waals surface area contributed by atoms with Crippen molar-refractivity contribution in [2.45, 2.75) is 25.7 Å². The van der Waals surface area contributed by atoms with Crippen molar-refractivity contribution in [3.05, 3.63) is 12.4 Å². The van der Waals surface area contributed by atoms with Crippen LogP contribution in [0.5, 0.6) is 6.01 Å². The van der Waals surface area contributed by atoms with Gasteiger partial charge in [0.2, 0.25) is 0 Å². The summed E-state index contributed by atoms with van der Waals surface area (Å²) in [6, 6.07) is 1.49. The smallest absolute Gasteiger partial charge is 0.335 e. The lowest BCUT2D eigenvalue weighted by Gasteiger charge is -2.14. The molecule has 0 aliphatic carbocycles. The van der Waals surface area contributed by atoms with Crippen LogP contribution in [-0.2, 0) is 0 Å². The number of ether oxygens (including phenoxy) is 1. The van der Waals surface area contributed by atoms with Gasteiger partial charge in [-0.05, 0) is 6.04 Å². The average Bonchev–Trinajstić information content (AvgIpc) is 2.04. The molecule has 0 saturated heterocycles. The molecule has 0 aromatic carbocycles. The lowest BCUT2D eigenvalue weighted by atomic mass is 10.8. The van der Waals surface area contributed by atoms with E-state index in [0.29, 0.717) is 12.6 Å². The Balaban J connectivity index is 2.29. The van der Waals surface area contributed by atoms with E-state index < -0.39 is 8.07 Å². The molecule has 0 aliphatic heterocycles. The van der Waals surface area contributed by atoms with E-state index in [0.717, 1.165) is 6.04 Å². The Labute approximate surface area is 79.4 Å². The molecular formula is C8H15N3OSi. The summed E-state index contributed by atoms with van der Waals surface area (Å²) >= 11 is 0. The summed E-state index contributed by atoms with van der Waals surface area (Å²) in [6.45, 7) is 7.61. The van der Waals surface area contributed by atoms with Crippen LogP contribution in [0, 0.1) is 0 Å². The van der Waals surface area contributed by atoms with Crippen LogP contribution in [-0.4, -0.2) is 29.9 Å². The topological polar surface area (TPSA) is 47.9 Å². The second kappa shape index (κ2) is 4.32. The van der Waals surface area contributed by atoms with Crippen LogP contribution in [0.15, 0.2) is 12.4 Å². The molecule has 0 fully saturated rings. The molecule has 0 radical (unpaired) electrons. The summed E-state index contributed by atoms with van der Waals surface area (Å²) < 4.78 is 5.33. The summed E-state index contributed by atoms with van der Waals surface area (Å²) in [7, 11) is -1.01. The van der Waals surface area contributed by atoms with Gasteiger partial charge in [-0.25, -0.2) is 4.98 Å². The SMILES string of the molecule is C[Si](C)(C)CCOc1nccnn1. The number of hydrogen-bond acceptors (Lipinski definition) is 4. The molecule has 1 heterocycles. The first-order valence-corrected chi connectivity index (χ1v) is 8.05. The molecule has 0 bridgehead atoms. The van der Waals surface area contributed by atoms with Gasteiger partial charge in [0.15, 0.2) is 0 Å². The van der Waals surface area contributed by atoms with Gasteiger partial charge in [0.25, 0.3) is 0 Å². The van der Waals surface area contributed by atoms with Gasteiger partial charge < -0.3 is 4.74 Å². The maximum atomic E-state index is 5.33. The Bertz CT molecular complexity index is 247. The van der Waals surface area contributed by atoms with Crippen molar-refractivity contribution in [3.63, 3.8) is 0 Å². The van der Waals surface area contributed by atoms with Crippen LogP contribution in [0.3, 0.4) is 0 Å². The normalized spacial score (nSPS) is 11.3. The molecule has 0 N–H and O–H groups in total. The van der Waals surface area contributed by atoms with E-state index in [1.807, 2.05) is 0 Å². The van der Waals surface area contributed by atoms with Crippen LogP contribution >= 0.6 is 0 Å². The first kappa shape index (κ1) is 10.1. The summed E-state index contributed by atoms with van der Waals surface area (Å²) in [5, 5.41) is 7.40. The van der Waals surface area contributed by atoms with Crippen molar-refractivity contribution < 1.29 is 4.74 Å². The van der Waals surface area contributed by atoms with Gasteiger partial charge in [0, 0.05) is 8.07 Å². The van der Waals surface area contributed by atoms with E-state index in [-0.39, 0.29) is 0 Å². The highest BCUT2D eigenvalue weighted by Crippen LogP contribution is 2.08. The minimum absolute atomic E-state index is 0.376. The summed E-state index contributed by atoms with van der Waals surface area (Å²) in [6.07, 6.45) is 3.11. The first-order chi connectivity index (χ1) is 6.08. The van der Waals surface area contributed by atoms with Crippen LogP contribution in [0.4, 0.5) is 0 Å². The van der Waals surface area contributed by atoms with Crippen molar-refractivity contribution in [1.29, 1.82) is 0 Å². The molecule has 13 heavy (non-hydrogen) atoms. The zero-order valence-electron chi connectivity index (χ0n) is 8.32. The molecular weight excluding hydrogens is 182 g/mol. The standard InChI is InChI=1S/C8H15N3OSi/c1-13(2,3)7-6-12-8-9-4-5-10-11-8/h4-5H,6-7H2,1-3H3. The first-order valence-electron chi connectivity index (χ1n) is 4.34. The molecule has 0 aliphatic rings. The molecule has 72 valence electrons. The number of nitrogens with zero attached hydrogens (tertiary/aromatic N) is 3. The largest absolute Gasteiger partial charge is 0.463 e. The third kappa shape index (κ3) is 4.57. The maximum absolute atomic E-state index is 5.33. The highest BCUT2D eigenvalue weighted by molar-refractivity contribution is 6.76. The van der Waals surface area contributed by atoms with Gasteiger partial charge in [0.1, 0.15) is 0 Å². The van der Waals surface area contributed by atoms with Crippen molar-refractivity contribution in [2.75, 3.05) is 6.61 Å². The van der Waals surface area contributed by atoms with Crippen LogP contribution < -0.4 is 4.74 Å². The van der Waals surface area contributed by atoms with E-state index in [2.05, 4.69) is 34.8 Å². The Hall–Kier alpha value is -0.973. The number of hydrogen-bond donors (Lipinski definition) is 0. The van der Waals surface area contributed by atoms with E-state index in [9.17, 15) is 0 Å². The van der Waals surface area contributed by atoms with Gasteiger partial charge in [-0.15, -0.1) is 0 Å². The van der Waals surface area contributed by atoms with E-state index in [4.69, 9.17) is 4.74 Å². The van der Waals surface area contributed by atoms with Crippen LogP contribution in [0.1, 0.15) is 0 Å². The Morgan fingerprint density at radius 3 is 2.62 bits per heavy atom. The zero-order valence-corrected chi connectivity index (χ0v) is 9.32. The van der Waals surface area contributed by atoms with Gasteiger partial charge in [-0.1, -0.05) is 24.7 Å². The molecule has 0 saturated carbocycles. The molecule has 0 amide bonds. The van der Waals surface area contributed by atoms with Crippen molar-refractivity contribution >= 4 is 8.07 Å². The predicted octanol–water partition coefficient (Wildman–Crippen LogP) is 1.59. The molecule has 1 rings (SSSR count). The lowest BCUT2D eigenvalue weighted by Crippen LogP contribution is -2.22. The molecule has 1 aromatic heterocycles. The Morgan fingerprint density at radius 1 is 1.31 bits per heavy atom. The highest BCUT2D eigenvalue weighted by atomic mass is 28.3. The van der Waals surface area contributed by atoms with E-state index in [1.165, 1.54) is 6.20 Å². The number of aromatic nitrogens is 3. The fourth-order valence-electron chi connectivity index (χ4n) is 0.750. The fourth-order valence-corrected chi connectivity index (χ4v) is 1.46. The molecule has 0 atom stereocenters. The average molecular weight is 197 g/mol. The molecule has 5 heteroatoms. The summed E-state index contributed by atoms with van der Waals surface area (Å²) in [4.78, 5) is 3.92. The van der Waals surface area contributed by atoms with Crippen LogP contribution in [0.25, 0.3) is 0 Å². The predicted molar refractivity (Wildman–Crippen MR) is 53.5 cm³/mol. The van der Waals surface area contributed by atoms with Crippen LogP contribution in [0.2, 0.25) is 25.7 Å². The highest BCUT2D eigenvalue weighted by Gasteiger charge is 2.12. The summed E-state index contributed by atoms with van der Waals surface area (Å²) in [5.74, 6) is 0. The minimum Gasteiger partial charge on any atom is -0.463 e. The zero-order chi connectivity index (χ0) is 9.73. The summed E-state index contributed by atoms with van der Waals surface area (Å²) in [5.41, 5.74) is 0. The van der Waals surface area contributed by atoms with Crippen molar-refractivity contribution in [2.24, 2.45) is 0 Å². The quantitative estimate of drug-likeness (QED) is 0.688. The third-order valence-electron chi connectivity index (χ3n) is 1.54. The van der Waals surface area contributed by atoms with Gasteiger partial charge in [-0.3, -0.25) is 0 Å². The third-order valence-corrected chi connectivity index (χ3v) is 3.25. The fraction of sp³-hybridized carbons (Fsp3) is 0.625. The number of rotatable bonds is 4. The Kier molecular flexibility index (Phi) is 3.36. The van der Waals surface area contributed by atoms with Crippen molar-refractivity contribution in [1.82, 2.24) is 15.2 Å². The molecule has 0 unspecified atom stereocenters. The van der Waals surface area contributed by atoms with Gasteiger partial charge in [0.05, 0.1) is 19.0 Å². The van der Waals surface area contributed by atoms with E-state index in [1.54, 1.807) is 6.20 Å². The second-order valence-electron chi connectivity index (χ2n) is 4.08. The molecule has 1 aromatic rings. The minimum atomic E-state index is -1.01. The Morgan fingerprint density at radius 2 is 2.08 bits per heavy atom. The molecule has 0 spiro atoms. The second-order valence-corrected chi connectivity index (χ2v) is 9.71. The van der Waals surface area contributed by atoms with Gasteiger partial charge in [-0.2, -0.15) is 5.10 Å². The van der Waals surface area contributed by atoms with Gasteiger partial charge >= 0.3 is 6.01 Å². The lowest BCUT2D eigenvalue weighted by molar-refractivity contribution is 0.306. The van der Waals surface area contributed by atoms with Crippen molar-refractivity contribution in [3.8, 4) is 6.01 Å². The van der Waals surface area contributed by atoms with E-state index >= 15 is 0 Å². The maximum Gasteiger partial charge on any atom is 0.335 e.